The zero-order chi connectivity index (χ0) is 6.48. The molecule has 1 saturated heterocycles. The smallest absolute Gasteiger partial charge is 0.223 e. The van der Waals surface area contributed by atoms with Crippen molar-refractivity contribution in [3.05, 3.63) is 25.2 Å². The Hall–Kier alpha value is -0.760. The van der Waals surface area contributed by atoms with Gasteiger partial charge < -0.3 is 0 Å². The second kappa shape index (κ2) is 1.21. The highest BCUT2D eigenvalue weighted by Crippen LogP contribution is 2.37. The quantitative estimate of drug-likeness (QED) is 0.366. The molecule has 0 aromatic rings. The minimum absolute atomic E-state index is 0.683. The molecule has 1 fully saturated rings. The Bertz CT molecular complexity index is 185. The van der Waals surface area contributed by atoms with Crippen molar-refractivity contribution < 1.29 is 4.48 Å². The third-order valence-corrected chi connectivity index (χ3v) is 2.24. The van der Waals surface area contributed by atoms with Crippen molar-refractivity contribution in [1.82, 2.24) is 4.90 Å². The Morgan fingerprint density at radius 3 is 2.89 bits per heavy atom. The molecule has 0 aliphatic carbocycles. The summed E-state index contributed by atoms with van der Waals surface area (Å²) in [6.07, 6.45) is 6.88. The minimum Gasteiger partial charge on any atom is -0.295 e. The number of hydrogen-bond acceptors (Lipinski definition) is 1. The first-order chi connectivity index (χ1) is 4.26. The first-order valence-corrected chi connectivity index (χ1v) is 3.20. The molecule has 0 aromatic carbocycles. The molecule has 2 atom stereocenters. The van der Waals surface area contributed by atoms with Crippen LogP contribution < -0.4 is 0 Å². The van der Waals surface area contributed by atoms with Gasteiger partial charge in [0.25, 0.3) is 0 Å². The molecule has 0 N–H and O–H groups in total. The van der Waals surface area contributed by atoms with Gasteiger partial charge in [0.1, 0.15) is 6.20 Å². The lowest BCUT2D eigenvalue weighted by Gasteiger charge is -2.04. The van der Waals surface area contributed by atoms with Crippen LogP contribution in [0.1, 0.15) is 0 Å². The van der Waals surface area contributed by atoms with Gasteiger partial charge in [-0.1, -0.05) is 6.58 Å². The van der Waals surface area contributed by atoms with Crippen LogP contribution in [-0.4, -0.2) is 29.1 Å². The van der Waals surface area contributed by atoms with E-state index in [9.17, 15) is 0 Å². The van der Waals surface area contributed by atoms with Crippen molar-refractivity contribution in [2.45, 2.75) is 6.17 Å². The van der Waals surface area contributed by atoms with Gasteiger partial charge in [0, 0.05) is 6.20 Å². The Balaban J connectivity index is 2.22. The minimum atomic E-state index is 0.683. The maximum atomic E-state index is 3.72. The van der Waals surface area contributed by atoms with Crippen molar-refractivity contribution in [3.63, 3.8) is 0 Å². The summed E-state index contributed by atoms with van der Waals surface area (Å²) in [5.74, 6) is 0. The van der Waals surface area contributed by atoms with Crippen LogP contribution in [0, 0.1) is 0 Å². The maximum absolute atomic E-state index is 3.72. The van der Waals surface area contributed by atoms with E-state index in [0.29, 0.717) is 6.17 Å². The summed E-state index contributed by atoms with van der Waals surface area (Å²) >= 11 is 0. The molecule has 0 radical (unpaired) electrons. The van der Waals surface area contributed by atoms with Gasteiger partial charge in [-0.05, 0) is 0 Å². The predicted molar refractivity (Wildman–Crippen MR) is 36.0 cm³/mol. The summed E-state index contributed by atoms with van der Waals surface area (Å²) < 4.78 is 1.09. The highest BCUT2D eigenvalue weighted by molar-refractivity contribution is 4.99. The molecule has 0 aromatic heterocycles. The summed E-state index contributed by atoms with van der Waals surface area (Å²) in [6, 6.07) is 0. The number of quaternary nitrogens is 1. The average Bonchev–Trinajstić information content (AvgIpc) is 2.39. The first kappa shape index (κ1) is 5.06. The van der Waals surface area contributed by atoms with Crippen LogP contribution in [0.15, 0.2) is 25.2 Å². The van der Waals surface area contributed by atoms with Crippen LogP contribution in [-0.2, 0) is 0 Å². The standard InChI is InChI=1S/C7H11N2/c1-3-8-4-5-9(2)6-7(8)9/h3-5,7H,1,6H2,2H3/q+1. The summed E-state index contributed by atoms with van der Waals surface area (Å²) in [5, 5.41) is 0. The van der Waals surface area contributed by atoms with Gasteiger partial charge in [-0.25, -0.2) is 0 Å². The van der Waals surface area contributed by atoms with E-state index in [2.05, 4.69) is 30.9 Å². The fraction of sp³-hybridized carbons (Fsp3) is 0.429. The van der Waals surface area contributed by atoms with E-state index in [0.717, 1.165) is 4.48 Å². The molecule has 0 bridgehead atoms. The van der Waals surface area contributed by atoms with E-state index in [-0.39, 0.29) is 0 Å². The van der Waals surface area contributed by atoms with Gasteiger partial charge in [-0.15, -0.1) is 0 Å². The summed E-state index contributed by atoms with van der Waals surface area (Å²) in [6.45, 7) is 4.97. The monoisotopic (exact) mass is 123 g/mol. The van der Waals surface area contributed by atoms with Crippen LogP contribution in [0.3, 0.4) is 0 Å². The predicted octanol–water partition coefficient (Wildman–Crippen LogP) is 0.703. The van der Waals surface area contributed by atoms with Crippen LogP contribution >= 0.6 is 0 Å². The van der Waals surface area contributed by atoms with Gasteiger partial charge in [-0.2, -0.15) is 0 Å². The summed E-state index contributed by atoms with van der Waals surface area (Å²) in [7, 11) is 2.23. The van der Waals surface area contributed by atoms with Crippen molar-refractivity contribution in [3.8, 4) is 0 Å². The lowest BCUT2D eigenvalue weighted by Crippen LogP contribution is -2.17. The zero-order valence-corrected chi connectivity index (χ0v) is 5.62. The normalized spacial score (nSPS) is 45.0. The second-order valence-electron chi connectivity index (χ2n) is 2.94. The lowest BCUT2D eigenvalue weighted by molar-refractivity contribution is -0.734. The third kappa shape index (κ3) is 0.485. The van der Waals surface area contributed by atoms with Crippen LogP contribution in [0.5, 0.6) is 0 Å². The molecule has 48 valence electrons. The van der Waals surface area contributed by atoms with Crippen LogP contribution in [0.4, 0.5) is 0 Å². The van der Waals surface area contributed by atoms with E-state index in [1.54, 1.807) is 0 Å². The molecule has 2 aliphatic rings. The Morgan fingerprint density at radius 1 is 1.89 bits per heavy atom. The highest BCUT2D eigenvalue weighted by atomic mass is 15.6. The van der Waals surface area contributed by atoms with E-state index in [1.165, 1.54) is 6.54 Å². The Labute approximate surface area is 55.3 Å². The van der Waals surface area contributed by atoms with Gasteiger partial charge in [0.05, 0.1) is 13.2 Å². The summed E-state index contributed by atoms with van der Waals surface area (Å²) in [5.41, 5.74) is 0. The number of nitrogens with zero attached hydrogens (tertiary/aromatic N) is 2. The fourth-order valence-corrected chi connectivity index (χ4v) is 1.37. The van der Waals surface area contributed by atoms with Gasteiger partial charge >= 0.3 is 0 Å². The molecule has 2 unspecified atom stereocenters. The highest BCUT2D eigenvalue weighted by Gasteiger charge is 2.56. The molecule has 0 amide bonds. The molecule has 2 heteroatoms. The fourth-order valence-electron chi connectivity index (χ4n) is 1.37. The van der Waals surface area contributed by atoms with E-state index < -0.39 is 0 Å². The molecular formula is C7H11N2+. The molecule has 2 nitrogen and oxygen atoms in total. The van der Waals surface area contributed by atoms with Gasteiger partial charge in [0.2, 0.25) is 6.17 Å². The molecular weight excluding hydrogens is 112 g/mol. The Morgan fingerprint density at radius 2 is 2.67 bits per heavy atom. The van der Waals surface area contributed by atoms with Gasteiger partial charge in [-0.3, -0.25) is 9.38 Å². The summed E-state index contributed by atoms with van der Waals surface area (Å²) in [4.78, 5) is 2.17. The van der Waals surface area contributed by atoms with E-state index in [1.807, 2.05) is 6.20 Å². The average molecular weight is 123 g/mol. The van der Waals surface area contributed by atoms with E-state index in [4.69, 9.17) is 0 Å². The molecule has 2 rings (SSSR count). The van der Waals surface area contributed by atoms with Crippen LogP contribution in [0.2, 0.25) is 0 Å². The Kier molecular flexibility index (Phi) is 0.682. The first-order valence-electron chi connectivity index (χ1n) is 3.20. The van der Waals surface area contributed by atoms with Gasteiger partial charge in [0.15, 0.2) is 6.54 Å². The van der Waals surface area contributed by atoms with Crippen molar-refractivity contribution in [2.24, 2.45) is 0 Å². The van der Waals surface area contributed by atoms with Crippen molar-refractivity contribution in [2.75, 3.05) is 13.6 Å². The maximum Gasteiger partial charge on any atom is 0.223 e. The molecule has 2 heterocycles. The molecule has 0 spiro atoms. The second-order valence-corrected chi connectivity index (χ2v) is 2.94. The molecule has 0 saturated carbocycles. The zero-order valence-electron chi connectivity index (χ0n) is 5.62. The largest absolute Gasteiger partial charge is 0.295 e. The van der Waals surface area contributed by atoms with E-state index >= 15 is 0 Å². The number of hydrogen-bond donors (Lipinski definition) is 0. The van der Waals surface area contributed by atoms with Crippen molar-refractivity contribution >= 4 is 0 Å². The third-order valence-electron chi connectivity index (χ3n) is 2.24. The number of fused-ring (bicyclic) bond motifs is 1. The van der Waals surface area contributed by atoms with Crippen molar-refractivity contribution in [1.29, 1.82) is 0 Å². The molecule has 2 aliphatic heterocycles. The lowest BCUT2D eigenvalue weighted by atomic mass is 10.6. The number of likely N-dealkylation sites (N-methyl/N-ethyl adjacent to an activating group) is 1. The number of rotatable bonds is 1. The molecule has 9 heavy (non-hydrogen) atoms. The topological polar surface area (TPSA) is 3.24 Å². The SMILES string of the molecule is C=CN1C=C[N+]2(C)CC12. The van der Waals surface area contributed by atoms with Crippen LogP contribution in [0.25, 0.3) is 0 Å².